The molecule has 1 aliphatic heterocycles. The van der Waals surface area contributed by atoms with Crippen LogP contribution in [0.2, 0.25) is 0 Å². The van der Waals surface area contributed by atoms with Gasteiger partial charge in [-0.1, -0.05) is 91.0 Å². The molecule has 0 radical (unpaired) electrons. The highest BCUT2D eigenvalue weighted by Gasteiger charge is 2.42. The van der Waals surface area contributed by atoms with E-state index in [0.29, 0.717) is 12.5 Å². The van der Waals surface area contributed by atoms with Gasteiger partial charge in [-0.2, -0.15) is 5.10 Å². The lowest BCUT2D eigenvalue weighted by Gasteiger charge is -2.37. The number of hydrogen-bond donors (Lipinski definition) is 2. The molecule has 2 atom stereocenters. The lowest BCUT2D eigenvalue weighted by atomic mass is 9.78. The summed E-state index contributed by atoms with van der Waals surface area (Å²) in [5, 5.41) is 7.74. The van der Waals surface area contributed by atoms with E-state index in [1.165, 1.54) is 34.0 Å². The quantitative estimate of drug-likeness (QED) is 0.176. The molecule has 2 N–H and O–H groups in total. The molecular weight excluding hydrogens is 619 g/mol. The number of aromatic nitrogens is 2. The van der Waals surface area contributed by atoms with Crippen LogP contribution in [0.25, 0.3) is 0 Å². The number of fused-ring (bicyclic) bond motifs is 3. The summed E-state index contributed by atoms with van der Waals surface area (Å²) < 4.78 is 31.9. The third-order valence-electron chi connectivity index (χ3n) is 10.2. The average Bonchev–Trinajstić information content (AvgIpc) is 3.93. The molecule has 0 spiro atoms. The Balaban J connectivity index is 1.34. The highest BCUT2D eigenvalue weighted by molar-refractivity contribution is 7.92. The number of urea groups is 1. The number of nitrogens with one attached hydrogen (secondary N) is 2. The maximum atomic E-state index is 15.9. The van der Waals surface area contributed by atoms with Crippen LogP contribution in [-0.4, -0.2) is 26.6 Å². The standard InChI is InChI=1S/C39H39N5O3S/c1-26-25-47-37-35(24-40-44(26)37)48(46,42-38(45)41-36-33-22-12-20-31(33)27(2)32-21-13-23-34(32)36)43-39(28-14-6-3-7-15-28,29-16-8-4-9-17-29)30-18-10-5-11-19-30/h3-11,14-19,24,26H,12-13,20-23,25H2,1-2H3,(H2,41,42,43,45,46)/t26-,48?/m0/s1. The van der Waals surface area contributed by atoms with Crippen molar-refractivity contribution in [2.75, 3.05) is 11.9 Å². The zero-order valence-corrected chi connectivity index (χ0v) is 28.1. The molecule has 5 aromatic rings. The van der Waals surface area contributed by atoms with E-state index >= 15 is 4.21 Å². The fourth-order valence-corrected chi connectivity index (χ4v) is 9.83. The largest absolute Gasteiger partial charge is 0.475 e. The average molecular weight is 658 g/mol. The van der Waals surface area contributed by atoms with E-state index in [0.717, 1.165) is 60.9 Å². The Morgan fingerprint density at radius 1 is 0.833 bits per heavy atom. The number of rotatable bonds is 7. The Hall–Kier alpha value is -4.73. The number of carbonyl (C=O) groups is 1. The van der Waals surface area contributed by atoms with Crippen LogP contribution in [0.3, 0.4) is 0 Å². The summed E-state index contributed by atoms with van der Waals surface area (Å²) in [4.78, 5) is 14.5. The van der Waals surface area contributed by atoms with Crippen LogP contribution in [0.1, 0.15) is 70.3 Å². The number of hydrogen-bond acceptors (Lipinski definition) is 4. The molecule has 8 rings (SSSR count). The van der Waals surface area contributed by atoms with Gasteiger partial charge in [0, 0.05) is 5.69 Å². The maximum absolute atomic E-state index is 15.9. The molecule has 9 heteroatoms. The van der Waals surface area contributed by atoms with Gasteiger partial charge >= 0.3 is 6.03 Å². The van der Waals surface area contributed by atoms with Crippen molar-refractivity contribution in [3.8, 4) is 5.88 Å². The summed E-state index contributed by atoms with van der Waals surface area (Å²) in [5.74, 6) is 0.358. The summed E-state index contributed by atoms with van der Waals surface area (Å²) in [6.07, 6.45) is 7.50. The molecule has 0 bridgehead atoms. The van der Waals surface area contributed by atoms with Gasteiger partial charge in [0.1, 0.15) is 17.0 Å². The molecule has 48 heavy (non-hydrogen) atoms. The second-order valence-electron chi connectivity index (χ2n) is 13.0. The summed E-state index contributed by atoms with van der Waals surface area (Å²) in [5.41, 5.74) is 8.69. The lowest BCUT2D eigenvalue weighted by molar-refractivity contribution is 0.260. The van der Waals surface area contributed by atoms with Crippen molar-refractivity contribution in [1.29, 1.82) is 0 Å². The lowest BCUT2D eigenvalue weighted by Crippen LogP contribution is -2.48. The first-order valence-corrected chi connectivity index (χ1v) is 18.3. The minimum absolute atomic E-state index is 0.0499. The van der Waals surface area contributed by atoms with Crippen LogP contribution in [0.5, 0.6) is 5.88 Å². The topological polar surface area (TPSA) is 97.6 Å². The van der Waals surface area contributed by atoms with Crippen molar-refractivity contribution >= 4 is 21.6 Å². The third-order valence-corrected chi connectivity index (χ3v) is 12.1. The van der Waals surface area contributed by atoms with Crippen LogP contribution in [0.4, 0.5) is 10.5 Å². The Labute approximate surface area is 281 Å². The monoisotopic (exact) mass is 657 g/mol. The minimum Gasteiger partial charge on any atom is -0.475 e. The number of ether oxygens (including phenoxy) is 1. The van der Waals surface area contributed by atoms with Gasteiger partial charge in [-0.3, -0.25) is 0 Å². The van der Waals surface area contributed by atoms with Crippen molar-refractivity contribution in [3.63, 3.8) is 0 Å². The number of benzene rings is 4. The van der Waals surface area contributed by atoms with E-state index in [2.05, 4.69) is 26.4 Å². The molecule has 244 valence electrons. The van der Waals surface area contributed by atoms with E-state index in [9.17, 15) is 4.79 Å². The smallest absolute Gasteiger partial charge is 0.354 e. The fourth-order valence-electron chi connectivity index (χ4n) is 7.95. The minimum atomic E-state index is -3.78. The van der Waals surface area contributed by atoms with Gasteiger partial charge < -0.3 is 10.1 Å². The summed E-state index contributed by atoms with van der Waals surface area (Å²) >= 11 is 0. The van der Waals surface area contributed by atoms with Gasteiger partial charge in [0.2, 0.25) is 5.88 Å². The van der Waals surface area contributed by atoms with E-state index < -0.39 is 21.5 Å². The van der Waals surface area contributed by atoms with Crippen molar-refractivity contribution in [2.45, 2.75) is 68.8 Å². The Bertz CT molecular complexity index is 2010. The van der Waals surface area contributed by atoms with Crippen LogP contribution in [0.15, 0.2) is 106 Å². The number of anilines is 1. The number of amides is 2. The van der Waals surface area contributed by atoms with Crippen molar-refractivity contribution in [1.82, 2.24) is 14.5 Å². The zero-order chi connectivity index (χ0) is 32.9. The molecule has 4 aromatic carbocycles. The van der Waals surface area contributed by atoms with Crippen LogP contribution in [-0.2, 0) is 41.1 Å². The van der Waals surface area contributed by atoms with Crippen LogP contribution < -0.4 is 14.8 Å². The summed E-state index contributed by atoms with van der Waals surface area (Å²) in [6.45, 7) is 4.60. The molecule has 2 aliphatic carbocycles. The SMILES string of the molecule is Cc1c2c(c(NC(=O)N=S(=O)(NC(c3ccccc3)(c3ccccc3)c3ccccc3)c3cnn4c3OC[C@@H]4C)c3c1CCC3)CCC2. The van der Waals surface area contributed by atoms with Gasteiger partial charge in [0.25, 0.3) is 0 Å². The van der Waals surface area contributed by atoms with E-state index in [-0.39, 0.29) is 10.9 Å². The highest BCUT2D eigenvalue weighted by atomic mass is 32.2. The first-order chi connectivity index (χ1) is 23.4. The van der Waals surface area contributed by atoms with E-state index in [1.807, 2.05) is 97.9 Å². The molecule has 2 amide bonds. The second kappa shape index (κ2) is 12.1. The van der Waals surface area contributed by atoms with E-state index in [1.54, 1.807) is 4.68 Å². The van der Waals surface area contributed by atoms with Gasteiger partial charge in [0.05, 0.1) is 12.2 Å². The Morgan fingerprint density at radius 3 is 1.85 bits per heavy atom. The molecule has 3 aliphatic rings. The fraction of sp³-hybridized carbons (Fsp3) is 0.282. The highest BCUT2D eigenvalue weighted by Crippen LogP contribution is 2.43. The van der Waals surface area contributed by atoms with Crippen molar-refractivity contribution in [2.24, 2.45) is 4.36 Å². The molecule has 0 saturated heterocycles. The molecule has 2 heterocycles. The molecule has 1 unspecified atom stereocenters. The van der Waals surface area contributed by atoms with Gasteiger partial charge in [0.15, 0.2) is 9.92 Å². The summed E-state index contributed by atoms with van der Waals surface area (Å²) in [6, 6.07) is 29.0. The normalized spacial score (nSPS) is 17.6. The Morgan fingerprint density at radius 2 is 1.33 bits per heavy atom. The molecule has 8 nitrogen and oxygen atoms in total. The molecule has 0 saturated carbocycles. The third kappa shape index (κ3) is 4.95. The van der Waals surface area contributed by atoms with Gasteiger partial charge in [-0.25, -0.2) is 18.4 Å². The predicted octanol–water partition coefficient (Wildman–Crippen LogP) is 7.68. The maximum Gasteiger partial charge on any atom is 0.354 e. The zero-order valence-electron chi connectivity index (χ0n) is 27.2. The Kier molecular flexibility index (Phi) is 7.69. The number of nitrogens with zero attached hydrogens (tertiary/aromatic N) is 3. The molecular formula is C39H39N5O3S. The van der Waals surface area contributed by atoms with Crippen LogP contribution in [0, 0.1) is 6.92 Å². The second-order valence-corrected chi connectivity index (χ2v) is 14.9. The van der Waals surface area contributed by atoms with Gasteiger partial charge in [-0.05, 0) is 96.9 Å². The number of carbonyl (C=O) groups excluding carboxylic acids is 1. The molecule has 1 aromatic heterocycles. The first-order valence-electron chi connectivity index (χ1n) is 16.8. The van der Waals surface area contributed by atoms with Crippen LogP contribution >= 0.6 is 0 Å². The first kappa shape index (κ1) is 30.6. The summed E-state index contributed by atoms with van der Waals surface area (Å²) in [7, 11) is -3.78. The van der Waals surface area contributed by atoms with Gasteiger partial charge in [-0.15, -0.1) is 4.36 Å². The van der Waals surface area contributed by atoms with Crippen molar-refractivity contribution in [3.05, 3.63) is 142 Å². The van der Waals surface area contributed by atoms with E-state index in [4.69, 9.17) is 4.74 Å². The molecule has 0 fully saturated rings. The predicted molar refractivity (Wildman–Crippen MR) is 188 cm³/mol. The van der Waals surface area contributed by atoms with Crippen molar-refractivity contribution < 1.29 is 13.7 Å².